The molecule has 0 saturated carbocycles. The van der Waals surface area contributed by atoms with Crippen molar-refractivity contribution < 1.29 is 14.3 Å². The van der Waals surface area contributed by atoms with E-state index in [1.165, 1.54) is 5.56 Å². The van der Waals surface area contributed by atoms with Crippen LogP contribution in [0.25, 0.3) is 0 Å². The number of nitrogens with one attached hydrogen (secondary N) is 1. The van der Waals surface area contributed by atoms with E-state index in [0.29, 0.717) is 12.5 Å². The minimum atomic E-state index is 0.137. The van der Waals surface area contributed by atoms with Crippen LogP contribution in [0.15, 0.2) is 24.3 Å². The van der Waals surface area contributed by atoms with E-state index in [1.54, 1.807) is 7.11 Å². The van der Waals surface area contributed by atoms with Gasteiger partial charge in [0.05, 0.1) is 19.6 Å². The second-order valence-electron chi connectivity index (χ2n) is 6.81. The number of benzene rings is 1. The highest BCUT2D eigenvalue weighted by atomic mass is 16.5. The van der Waals surface area contributed by atoms with Gasteiger partial charge >= 0.3 is 0 Å². The number of carbonyl (C=O) groups excluding carboxylic acids is 1. The third-order valence-corrected chi connectivity index (χ3v) is 4.93. The number of carbonyl (C=O) groups is 1. The van der Waals surface area contributed by atoms with Crippen LogP contribution in [-0.4, -0.2) is 49.8 Å². The maximum Gasteiger partial charge on any atom is 0.222 e. The van der Waals surface area contributed by atoms with Crippen LogP contribution in [0.2, 0.25) is 0 Å². The number of nitrogens with zero attached hydrogens (tertiary/aromatic N) is 1. The molecule has 0 aromatic heterocycles. The molecule has 0 spiro atoms. The van der Waals surface area contributed by atoms with Gasteiger partial charge in [0.2, 0.25) is 5.91 Å². The van der Waals surface area contributed by atoms with Gasteiger partial charge in [-0.2, -0.15) is 0 Å². The molecule has 1 aromatic carbocycles. The van der Waals surface area contributed by atoms with E-state index in [0.717, 1.165) is 57.7 Å². The molecule has 1 amide bonds. The van der Waals surface area contributed by atoms with Crippen molar-refractivity contribution in [1.29, 1.82) is 0 Å². The summed E-state index contributed by atoms with van der Waals surface area (Å²) in [6.45, 7) is 3.78. The Labute approximate surface area is 144 Å². The summed E-state index contributed by atoms with van der Waals surface area (Å²) in [6, 6.07) is 8.54. The maximum absolute atomic E-state index is 12.1. The van der Waals surface area contributed by atoms with Crippen molar-refractivity contribution in [2.24, 2.45) is 0 Å². The molecule has 1 aromatic rings. The van der Waals surface area contributed by atoms with Crippen LogP contribution in [0.5, 0.6) is 5.75 Å². The number of ether oxygens (including phenoxy) is 2. The zero-order chi connectivity index (χ0) is 16.8. The Morgan fingerprint density at radius 2 is 2.17 bits per heavy atom. The number of likely N-dealkylation sites (tertiary alicyclic amines) is 1. The van der Waals surface area contributed by atoms with E-state index < -0.39 is 0 Å². The van der Waals surface area contributed by atoms with Gasteiger partial charge in [-0.25, -0.2) is 0 Å². The average molecular weight is 332 g/mol. The fraction of sp³-hybridized carbons (Fsp3) is 0.632. The van der Waals surface area contributed by atoms with Gasteiger partial charge in [0.15, 0.2) is 0 Å². The number of piperidine rings is 1. The quantitative estimate of drug-likeness (QED) is 0.869. The maximum atomic E-state index is 12.1. The summed E-state index contributed by atoms with van der Waals surface area (Å²) >= 11 is 0. The molecule has 3 rings (SSSR count). The van der Waals surface area contributed by atoms with Crippen LogP contribution < -0.4 is 10.1 Å². The van der Waals surface area contributed by atoms with Crippen molar-refractivity contribution >= 4 is 5.91 Å². The zero-order valence-corrected chi connectivity index (χ0v) is 14.5. The normalized spacial score (nSPS) is 22.5. The molecule has 2 aliphatic rings. The van der Waals surface area contributed by atoms with Crippen molar-refractivity contribution in [1.82, 2.24) is 10.2 Å². The van der Waals surface area contributed by atoms with Crippen LogP contribution in [0.1, 0.15) is 37.7 Å². The van der Waals surface area contributed by atoms with Gasteiger partial charge in [0.1, 0.15) is 5.75 Å². The molecule has 132 valence electrons. The lowest BCUT2D eigenvalue weighted by molar-refractivity contribution is -0.124. The van der Waals surface area contributed by atoms with Crippen molar-refractivity contribution in [2.45, 2.75) is 50.8 Å². The molecule has 2 aliphatic heterocycles. The minimum absolute atomic E-state index is 0.137. The molecule has 0 bridgehead atoms. The van der Waals surface area contributed by atoms with E-state index in [1.807, 2.05) is 12.1 Å². The summed E-state index contributed by atoms with van der Waals surface area (Å²) in [5.74, 6) is 1.05. The van der Waals surface area contributed by atoms with Gasteiger partial charge in [0.25, 0.3) is 0 Å². The summed E-state index contributed by atoms with van der Waals surface area (Å²) in [5.41, 5.74) is 1.27. The van der Waals surface area contributed by atoms with Gasteiger partial charge in [-0.15, -0.1) is 0 Å². The first kappa shape index (κ1) is 17.2. The first-order valence-corrected chi connectivity index (χ1v) is 8.99. The molecule has 0 unspecified atom stereocenters. The van der Waals surface area contributed by atoms with E-state index >= 15 is 0 Å². The molecule has 0 radical (unpaired) electrons. The number of hydrogen-bond acceptors (Lipinski definition) is 4. The van der Waals surface area contributed by atoms with E-state index in [4.69, 9.17) is 9.47 Å². The molecule has 1 N–H and O–H groups in total. The SMILES string of the molecule is COc1cccc(CN2CCC(NC(=O)C[C@@H]3CCCO3)CC2)c1. The lowest BCUT2D eigenvalue weighted by atomic mass is 10.0. The summed E-state index contributed by atoms with van der Waals surface area (Å²) in [7, 11) is 1.70. The van der Waals surface area contributed by atoms with E-state index in [-0.39, 0.29) is 12.0 Å². The monoisotopic (exact) mass is 332 g/mol. The molecular formula is C19H28N2O3. The number of methoxy groups -OCH3 is 1. The van der Waals surface area contributed by atoms with Gasteiger partial charge < -0.3 is 14.8 Å². The third-order valence-electron chi connectivity index (χ3n) is 4.93. The summed E-state index contributed by atoms with van der Waals surface area (Å²) in [4.78, 5) is 14.5. The molecule has 2 fully saturated rings. The van der Waals surface area contributed by atoms with Crippen molar-refractivity contribution in [2.75, 3.05) is 26.8 Å². The van der Waals surface area contributed by atoms with Gasteiger partial charge in [-0.1, -0.05) is 12.1 Å². The van der Waals surface area contributed by atoms with Crippen LogP contribution >= 0.6 is 0 Å². The predicted octanol–water partition coefficient (Wildman–Crippen LogP) is 2.34. The summed E-state index contributed by atoms with van der Waals surface area (Å²) < 4.78 is 10.8. The first-order chi connectivity index (χ1) is 11.7. The Bertz CT molecular complexity index is 535. The Morgan fingerprint density at radius 1 is 1.33 bits per heavy atom. The number of rotatable bonds is 6. The Balaban J connectivity index is 1.39. The third kappa shape index (κ3) is 4.95. The highest BCUT2D eigenvalue weighted by Gasteiger charge is 2.23. The van der Waals surface area contributed by atoms with Crippen LogP contribution in [0, 0.1) is 0 Å². The smallest absolute Gasteiger partial charge is 0.222 e. The molecule has 2 saturated heterocycles. The molecule has 24 heavy (non-hydrogen) atoms. The minimum Gasteiger partial charge on any atom is -0.497 e. The standard InChI is InChI=1S/C19H28N2O3/c1-23-17-5-2-4-15(12-17)14-21-9-7-16(8-10-21)20-19(22)13-18-6-3-11-24-18/h2,4-5,12,16,18H,3,6-11,13-14H2,1H3,(H,20,22)/t18-/m0/s1. The Hall–Kier alpha value is -1.59. The number of hydrogen-bond donors (Lipinski definition) is 1. The molecule has 0 aliphatic carbocycles. The Kier molecular flexibility index (Phi) is 6.10. The van der Waals surface area contributed by atoms with E-state index in [2.05, 4.69) is 22.3 Å². The lowest BCUT2D eigenvalue weighted by Gasteiger charge is -2.32. The van der Waals surface area contributed by atoms with Gasteiger partial charge in [0, 0.05) is 32.3 Å². The molecular weight excluding hydrogens is 304 g/mol. The molecule has 5 heteroatoms. The van der Waals surface area contributed by atoms with Crippen LogP contribution in [0.3, 0.4) is 0 Å². The highest BCUT2D eigenvalue weighted by Crippen LogP contribution is 2.19. The average Bonchev–Trinajstić information content (AvgIpc) is 3.09. The predicted molar refractivity (Wildman–Crippen MR) is 93.0 cm³/mol. The molecule has 1 atom stereocenters. The van der Waals surface area contributed by atoms with Crippen LogP contribution in [-0.2, 0) is 16.1 Å². The lowest BCUT2D eigenvalue weighted by Crippen LogP contribution is -2.44. The molecule has 5 nitrogen and oxygen atoms in total. The summed E-state index contributed by atoms with van der Waals surface area (Å²) in [6.07, 6.45) is 4.79. The van der Waals surface area contributed by atoms with Crippen molar-refractivity contribution in [3.63, 3.8) is 0 Å². The number of amides is 1. The van der Waals surface area contributed by atoms with Crippen molar-refractivity contribution in [3.8, 4) is 5.75 Å². The Morgan fingerprint density at radius 3 is 2.88 bits per heavy atom. The second kappa shape index (κ2) is 8.49. The first-order valence-electron chi connectivity index (χ1n) is 8.99. The van der Waals surface area contributed by atoms with Gasteiger partial charge in [-0.05, 0) is 43.4 Å². The largest absolute Gasteiger partial charge is 0.497 e. The topological polar surface area (TPSA) is 50.8 Å². The van der Waals surface area contributed by atoms with Crippen LogP contribution in [0.4, 0.5) is 0 Å². The highest BCUT2D eigenvalue weighted by molar-refractivity contribution is 5.76. The summed E-state index contributed by atoms with van der Waals surface area (Å²) in [5, 5.41) is 3.18. The van der Waals surface area contributed by atoms with Gasteiger partial charge in [-0.3, -0.25) is 9.69 Å². The fourth-order valence-corrected chi connectivity index (χ4v) is 3.56. The fourth-order valence-electron chi connectivity index (χ4n) is 3.56. The zero-order valence-electron chi connectivity index (χ0n) is 14.5. The second-order valence-corrected chi connectivity index (χ2v) is 6.81. The molecule has 2 heterocycles. The van der Waals surface area contributed by atoms with Crippen molar-refractivity contribution in [3.05, 3.63) is 29.8 Å². The van der Waals surface area contributed by atoms with E-state index in [9.17, 15) is 4.79 Å².